The predicted molar refractivity (Wildman–Crippen MR) is 115 cm³/mol. The number of benzene rings is 1. The Bertz CT molecular complexity index is 965. The summed E-state index contributed by atoms with van der Waals surface area (Å²) in [6.07, 6.45) is 7.43. The summed E-state index contributed by atoms with van der Waals surface area (Å²) < 4.78 is 7.37. The lowest BCUT2D eigenvalue weighted by Crippen LogP contribution is -2.23. The van der Waals surface area contributed by atoms with Crippen LogP contribution in [-0.2, 0) is 19.5 Å². The summed E-state index contributed by atoms with van der Waals surface area (Å²) in [5.74, 6) is 0.906. The third-order valence-electron chi connectivity index (χ3n) is 5.68. The van der Waals surface area contributed by atoms with Crippen molar-refractivity contribution in [2.24, 2.45) is 0 Å². The van der Waals surface area contributed by atoms with Crippen LogP contribution >= 0.6 is 0 Å². The molecule has 3 heterocycles. The summed E-state index contributed by atoms with van der Waals surface area (Å²) >= 11 is 0. The minimum atomic E-state index is 0.379. The third-order valence-corrected chi connectivity index (χ3v) is 5.68. The van der Waals surface area contributed by atoms with Crippen molar-refractivity contribution in [3.63, 3.8) is 0 Å². The van der Waals surface area contributed by atoms with E-state index in [1.54, 1.807) is 7.11 Å². The molecular formula is C24H30N4O. The molecule has 152 valence electrons. The Morgan fingerprint density at radius 1 is 1.14 bits per heavy atom. The van der Waals surface area contributed by atoms with Crippen LogP contribution < -0.4 is 4.74 Å². The molecule has 0 radical (unpaired) electrons. The molecule has 1 aromatic carbocycles. The van der Waals surface area contributed by atoms with Gasteiger partial charge in [0.1, 0.15) is 5.75 Å². The van der Waals surface area contributed by atoms with Gasteiger partial charge in [-0.15, -0.1) is 0 Å². The maximum absolute atomic E-state index is 5.38. The van der Waals surface area contributed by atoms with E-state index in [-0.39, 0.29) is 0 Å². The number of hydrogen-bond donors (Lipinski definition) is 0. The van der Waals surface area contributed by atoms with Gasteiger partial charge in [-0.3, -0.25) is 14.6 Å². The first-order chi connectivity index (χ1) is 14.1. The van der Waals surface area contributed by atoms with Crippen LogP contribution in [0.5, 0.6) is 5.75 Å². The summed E-state index contributed by atoms with van der Waals surface area (Å²) in [6.45, 7) is 7.18. The Hall–Kier alpha value is -2.66. The topological polar surface area (TPSA) is 43.2 Å². The zero-order valence-electron chi connectivity index (χ0n) is 17.6. The van der Waals surface area contributed by atoms with Gasteiger partial charge in [0.15, 0.2) is 0 Å². The van der Waals surface area contributed by atoms with Crippen LogP contribution in [0, 0.1) is 6.92 Å². The number of aromatic nitrogens is 3. The molecule has 29 heavy (non-hydrogen) atoms. The number of hydrogen-bond acceptors (Lipinski definition) is 4. The van der Waals surface area contributed by atoms with Gasteiger partial charge in [-0.05, 0) is 75.0 Å². The van der Waals surface area contributed by atoms with Crippen molar-refractivity contribution in [1.29, 1.82) is 0 Å². The Labute approximate surface area is 173 Å². The molecule has 0 aliphatic carbocycles. The van der Waals surface area contributed by atoms with Crippen molar-refractivity contribution in [2.45, 2.75) is 52.2 Å². The van der Waals surface area contributed by atoms with Crippen molar-refractivity contribution in [3.05, 3.63) is 76.9 Å². The number of rotatable bonds is 7. The van der Waals surface area contributed by atoms with Gasteiger partial charge in [0, 0.05) is 30.5 Å². The van der Waals surface area contributed by atoms with Crippen molar-refractivity contribution >= 4 is 0 Å². The SMILES string of the molecule is CCn1cc(CN2CCC[C@@H]2c2cc(Cc3cccc(OC)c3)cc(C)n2)cn1. The fraction of sp³-hybridized carbons (Fsp3) is 0.417. The molecule has 1 saturated heterocycles. The number of pyridine rings is 1. The molecule has 4 rings (SSSR count). The molecule has 0 amide bonds. The van der Waals surface area contributed by atoms with E-state index < -0.39 is 0 Å². The predicted octanol–water partition coefficient (Wildman–Crippen LogP) is 4.54. The van der Waals surface area contributed by atoms with Crippen LogP contribution in [0.15, 0.2) is 48.8 Å². The second kappa shape index (κ2) is 8.78. The first-order valence-corrected chi connectivity index (χ1v) is 10.5. The van der Waals surface area contributed by atoms with Crippen LogP contribution in [0.4, 0.5) is 0 Å². The molecule has 0 N–H and O–H groups in total. The van der Waals surface area contributed by atoms with E-state index in [2.05, 4.69) is 60.4 Å². The molecule has 1 aliphatic heterocycles. The second-order valence-electron chi connectivity index (χ2n) is 7.90. The Balaban J connectivity index is 1.53. The molecule has 0 spiro atoms. The quantitative estimate of drug-likeness (QED) is 0.594. The van der Waals surface area contributed by atoms with Crippen LogP contribution in [0.2, 0.25) is 0 Å². The summed E-state index contributed by atoms with van der Waals surface area (Å²) in [5.41, 5.74) is 6.14. The lowest BCUT2D eigenvalue weighted by Gasteiger charge is -2.24. The number of likely N-dealkylation sites (tertiary alicyclic amines) is 1. The van der Waals surface area contributed by atoms with Gasteiger partial charge < -0.3 is 4.74 Å². The highest BCUT2D eigenvalue weighted by atomic mass is 16.5. The highest BCUT2D eigenvalue weighted by Gasteiger charge is 2.27. The first kappa shape index (κ1) is 19.6. The molecule has 0 saturated carbocycles. The van der Waals surface area contributed by atoms with E-state index >= 15 is 0 Å². The molecule has 0 unspecified atom stereocenters. The molecule has 3 aromatic rings. The zero-order chi connectivity index (χ0) is 20.2. The van der Waals surface area contributed by atoms with Crippen molar-refractivity contribution in [1.82, 2.24) is 19.7 Å². The van der Waals surface area contributed by atoms with Crippen molar-refractivity contribution in [3.8, 4) is 5.75 Å². The van der Waals surface area contributed by atoms with E-state index in [0.29, 0.717) is 6.04 Å². The standard InChI is InChI=1S/C24H30N4O/c1-4-28-17-21(15-25-28)16-27-10-6-9-24(27)23-14-20(11-18(2)26-23)12-19-7-5-8-22(13-19)29-3/h5,7-8,11,13-15,17,24H,4,6,9-10,12,16H2,1-3H3/t24-/m1/s1. The molecular weight excluding hydrogens is 360 g/mol. The molecule has 5 nitrogen and oxygen atoms in total. The van der Waals surface area contributed by atoms with Gasteiger partial charge >= 0.3 is 0 Å². The van der Waals surface area contributed by atoms with Gasteiger partial charge in [0.2, 0.25) is 0 Å². The number of nitrogens with zero attached hydrogens (tertiary/aromatic N) is 4. The van der Waals surface area contributed by atoms with E-state index in [1.165, 1.54) is 28.8 Å². The minimum absolute atomic E-state index is 0.379. The van der Waals surface area contributed by atoms with Crippen LogP contribution in [0.25, 0.3) is 0 Å². The van der Waals surface area contributed by atoms with Crippen molar-refractivity contribution < 1.29 is 4.74 Å². The molecule has 1 aliphatic rings. The summed E-state index contributed by atoms with van der Waals surface area (Å²) in [4.78, 5) is 7.47. The van der Waals surface area contributed by atoms with Crippen LogP contribution in [-0.4, -0.2) is 33.3 Å². The molecule has 5 heteroatoms. The summed E-state index contributed by atoms with van der Waals surface area (Å²) in [5, 5.41) is 4.43. The Morgan fingerprint density at radius 3 is 2.83 bits per heavy atom. The van der Waals surface area contributed by atoms with E-state index in [0.717, 1.165) is 43.9 Å². The average Bonchev–Trinajstić information content (AvgIpc) is 3.37. The monoisotopic (exact) mass is 390 g/mol. The largest absolute Gasteiger partial charge is 0.497 e. The van der Waals surface area contributed by atoms with E-state index in [9.17, 15) is 0 Å². The van der Waals surface area contributed by atoms with Crippen LogP contribution in [0.3, 0.4) is 0 Å². The zero-order valence-corrected chi connectivity index (χ0v) is 17.6. The van der Waals surface area contributed by atoms with Gasteiger partial charge in [-0.1, -0.05) is 12.1 Å². The highest BCUT2D eigenvalue weighted by Crippen LogP contribution is 2.33. The number of aryl methyl sites for hydroxylation is 2. The average molecular weight is 391 g/mol. The molecule has 1 atom stereocenters. The third kappa shape index (κ3) is 4.67. The smallest absolute Gasteiger partial charge is 0.119 e. The number of ether oxygens (including phenoxy) is 1. The lowest BCUT2D eigenvalue weighted by molar-refractivity contribution is 0.244. The molecule has 2 aromatic heterocycles. The number of methoxy groups -OCH3 is 1. The van der Waals surface area contributed by atoms with Gasteiger partial charge in [-0.2, -0.15) is 5.10 Å². The normalized spacial score (nSPS) is 17.0. The lowest BCUT2D eigenvalue weighted by atomic mass is 10.0. The van der Waals surface area contributed by atoms with E-state index in [1.807, 2.05) is 16.9 Å². The fourth-order valence-corrected chi connectivity index (χ4v) is 4.30. The van der Waals surface area contributed by atoms with E-state index in [4.69, 9.17) is 9.72 Å². The Kier molecular flexibility index (Phi) is 5.95. The summed E-state index contributed by atoms with van der Waals surface area (Å²) in [7, 11) is 1.71. The summed E-state index contributed by atoms with van der Waals surface area (Å²) in [6, 6.07) is 13.2. The molecule has 1 fully saturated rings. The van der Waals surface area contributed by atoms with Gasteiger partial charge in [0.05, 0.1) is 25.0 Å². The Morgan fingerprint density at radius 2 is 2.03 bits per heavy atom. The molecule has 0 bridgehead atoms. The first-order valence-electron chi connectivity index (χ1n) is 10.5. The fourth-order valence-electron chi connectivity index (χ4n) is 4.30. The second-order valence-corrected chi connectivity index (χ2v) is 7.90. The minimum Gasteiger partial charge on any atom is -0.497 e. The highest BCUT2D eigenvalue weighted by molar-refractivity contribution is 5.34. The van der Waals surface area contributed by atoms with Gasteiger partial charge in [-0.25, -0.2) is 0 Å². The van der Waals surface area contributed by atoms with Crippen LogP contribution in [0.1, 0.15) is 53.9 Å². The van der Waals surface area contributed by atoms with Gasteiger partial charge in [0.25, 0.3) is 0 Å². The van der Waals surface area contributed by atoms with Crippen molar-refractivity contribution in [2.75, 3.05) is 13.7 Å². The maximum atomic E-state index is 5.38. The maximum Gasteiger partial charge on any atom is 0.119 e.